The molecule has 2 N–H and O–H groups in total. The van der Waals surface area contributed by atoms with Crippen molar-refractivity contribution < 1.29 is 29.2 Å². The summed E-state index contributed by atoms with van der Waals surface area (Å²) in [6.45, 7) is 3.23. The molecule has 3 rings (SSSR count). The summed E-state index contributed by atoms with van der Waals surface area (Å²) < 4.78 is 21.8. The molecule has 0 saturated carbocycles. The van der Waals surface area contributed by atoms with Gasteiger partial charge in [0.05, 0.1) is 31.5 Å². The SMILES string of the molecule is COc1nc2c3c(ccc2c(OC)c1C[C@H](O)C(C)(C)O)OCO3. The number of fused-ring (bicyclic) bond motifs is 3. The highest BCUT2D eigenvalue weighted by Gasteiger charge is 2.30. The van der Waals surface area contributed by atoms with Crippen LogP contribution in [0.15, 0.2) is 12.1 Å². The summed E-state index contributed by atoms with van der Waals surface area (Å²) in [4.78, 5) is 4.51. The molecule has 1 atom stereocenters. The molecule has 2 heterocycles. The Bertz CT molecular complexity index is 768. The number of pyridine rings is 1. The number of aromatic nitrogens is 1. The van der Waals surface area contributed by atoms with Crippen molar-refractivity contribution in [1.82, 2.24) is 4.98 Å². The first-order chi connectivity index (χ1) is 11.4. The molecule has 0 saturated heterocycles. The highest BCUT2D eigenvalue weighted by Crippen LogP contribution is 2.44. The van der Waals surface area contributed by atoms with Crippen LogP contribution in [0.4, 0.5) is 0 Å². The predicted octanol–water partition coefficient (Wildman–Crippen LogP) is 1.65. The number of hydrogen-bond donors (Lipinski definition) is 2. The Morgan fingerprint density at radius 3 is 2.62 bits per heavy atom. The number of hydrogen-bond acceptors (Lipinski definition) is 7. The number of ether oxygens (including phenoxy) is 4. The molecule has 0 radical (unpaired) electrons. The lowest BCUT2D eigenvalue weighted by molar-refractivity contribution is -0.0473. The lowest BCUT2D eigenvalue weighted by Crippen LogP contribution is -2.37. The van der Waals surface area contributed by atoms with Crippen molar-refractivity contribution in [3.8, 4) is 23.1 Å². The Morgan fingerprint density at radius 2 is 2.00 bits per heavy atom. The van der Waals surface area contributed by atoms with Crippen LogP contribution < -0.4 is 18.9 Å². The van der Waals surface area contributed by atoms with Gasteiger partial charge in [-0.1, -0.05) is 0 Å². The molecule has 0 aliphatic carbocycles. The zero-order valence-electron chi connectivity index (χ0n) is 14.1. The molecule has 1 aliphatic rings. The van der Waals surface area contributed by atoms with E-state index in [1.807, 2.05) is 6.07 Å². The first kappa shape index (κ1) is 16.6. The Kier molecular flexibility index (Phi) is 4.15. The van der Waals surface area contributed by atoms with Gasteiger partial charge in [0.25, 0.3) is 0 Å². The van der Waals surface area contributed by atoms with Gasteiger partial charge in [-0.25, -0.2) is 4.98 Å². The van der Waals surface area contributed by atoms with E-state index < -0.39 is 11.7 Å². The molecule has 7 nitrogen and oxygen atoms in total. The van der Waals surface area contributed by atoms with E-state index in [0.717, 1.165) is 5.39 Å². The maximum absolute atomic E-state index is 10.3. The minimum Gasteiger partial charge on any atom is -0.496 e. The number of rotatable bonds is 5. The molecule has 0 unspecified atom stereocenters. The number of aliphatic hydroxyl groups excluding tert-OH is 1. The van der Waals surface area contributed by atoms with Gasteiger partial charge in [0.1, 0.15) is 11.3 Å². The number of methoxy groups -OCH3 is 2. The van der Waals surface area contributed by atoms with Gasteiger partial charge in [-0.05, 0) is 26.0 Å². The van der Waals surface area contributed by atoms with Crippen molar-refractivity contribution in [1.29, 1.82) is 0 Å². The van der Waals surface area contributed by atoms with Crippen molar-refractivity contribution in [3.05, 3.63) is 17.7 Å². The molecule has 0 fully saturated rings. The van der Waals surface area contributed by atoms with Crippen LogP contribution in [-0.2, 0) is 6.42 Å². The summed E-state index contributed by atoms with van der Waals surface area (Å²) in [7, 11) is 3.03. The molecular formula is C17H21NO6. The van der Waals surface area contributed by atoms with Gasteiger partial charge < -0.3 is 29.2 Å². The third-order valence-corrected chi connectivity index (χ3v) is 4.11. The third-order valence-electron chi connectivity index (χ3n) is 4.11. The highest BCUT2D eigenvalue weighted by molar-refractivity contribution is 5.94. The third kappa shape index (κ3) is 2.70. The van der Waals surface area contributed by atoms with E-state index in [2.05, 4.69) is 4.98 Å². The summed E-state index contributed by atoms with van der Waals surface area (Å²) in [5.74, 6) is 1.99. The van der Waals surface area contributed by atoms with E-state index in [0.29, 0.717) is 34.2 Å². The van der Waals surface area contributed by atoms with Crippen LogP contribution in [0, 0.1) is 0 Å². The Morgan fingerprint density at radius 1 is 1.25 bits per heavy atom. The van der Waals surface area contributed by atoms with E-state index in [4.69, 9.17) is 18.9 Å². The molecule has 7 heteroatoms. The molecule has 2 aromatic rings. The van der Waals surface area contributed by atoms with Crippen molar-refractivity contribution in [2.24, 2.45) is 0 Å². The summed E-state index contributed by atoms with van der Waals surface area (Å²) in [5, 5.41) is 21.0. The second kappa shape index (κ2) is 5.99. The maximum atomic E-state index is 10.3. The van der Waals surface area contributed by atoms with Crippen molar-refractivity contribution >= 4 is 10.9 Å². The van der Waals surface area contributed by atoms with Gasteiger partial charge in [-0.2, -0.15) is 0 Å². The molecule has 1 aromatic heterocycles. The standard InChI is InChI=1S/C17H21NO6/c1-17(2,20)12(19)7-10-14(21-3)9-5-6-11-15(24-8-23-11)13(9)18-16(10)22-4/h5-6,12,19-20H,7-8H2,1-4H3/t12-/m0/s1. The Balaban J connectivity index is 2.20. The van der Waals surface area contributed by atoms with Crippen LogP contribution in [-0.4, -0.2) is 47.9 Å². The van der Waals surface area contributed by atoms with Crippen LogP contribution in [0.2, 0.25) is 0 Å². The van der Waals surface area contributed by atoms with Crippen LogP contribution in [0.3, 0.4) is 0 Å². The highest BCUT2D eigenvalue weighted by atomic mass is 16.7. The zero-order chi connectivity index (χ0) is 17.5. The smallest absolute Gasteiger partial charge is 0.231 e. The van der Waals surface area contributed by atoms with E-state index >= 15 is 0 Å². The molecule has 1 aromatic carbocycles. The van der Waals surface area contributed by atoms with Crippen LogP contribution in [0.25, 0.3) is 10.9 Å². The minimum atomic E-state index is -1.26. The van der Waals surface area contributed by atoms with Gasteiger partial charge in [-0.15, -0.1) is 0 Å². The quantitative estimate of drug-likeness (QED) is 0.858. The fourth-order valence-electron chi connectivity index (χ4n) is 2.71. The summed E-state index contributed by atoms with van der Waals surface area (Å²) >= 11 is 0. The summed E-state index contributed by atoms with van der Waals surface area (Å²) in [5.41, 5.74) is -0.110. The first-order valence-electron chi connectivity index (χ1n) is 7.60. The molecule has 130 valence electrons. The number of nitrogens with zero attached hydrogens (tertiary/aromatic N) is 1. The van der Waals surface area contributed by atoms with Crippen molar-refractivity contribution in [3.63, 3.8) is 0 Å². The predicted molar refractivity (Wildman–Crippen MR) is 87.0 cm³/mol. The second-order valence-electron chi connectivity index (χ2n) is 6.20. The van der Waals surface area contributed by atoms with Gasteiger partial charge in [-0.3, -0.25) is 0 Å². The van der Waals surface area contributed by atoms with Gasteiger partial charge in [0.15, 0.2) is 11.5 Å². The molecule has 0 bridgehead atoms. The summed E-state index contributed by atoms with van der Waals surface area (Å²) in [6, 6.07) is 3.62. The average Bonchev–Trinajstić information content (AvgIpc) is 3.01. The number of benzene rings is 1. The average molecular weight is 335 g/mol. The topological polar surface area (TPSA) is 90.3 Å². The van der Waals surface area contributed by atoms with Gasteiger partial charge in [0.2, 0.25) is 12.7 Å². The number of aliphatic hydroxyl groups is 2. The lowest BCUT2D eigenvalue weighted by atomic mass is 9.94. The van der Waals surface area contributed by atoms with Crippen LogP contribution >= 0.6 is 0 Å². The monoisotopic (exact) mass is 335 g/mol. The van der Waals surface area contributed by atoms with Crippen LogP contribution in [0.5, 0.6) is 23.1 Å². The Hall–Kier alpha value is -2.25. The maximum Gasteiger partial charge on any atom is 0.231 e. The van der Waals surface area contributed by atoms with Crippen LogP contribution in [0.1, 0.15) is 19.4 Å². The molecule has 0 amide bonds. The van der Waals surface area contributed by atoms with E-state index in [9.17, 15) is 10.2 Å². The fourth-order valence-corrected chi connectivity index (χ4v) is 2.71. The minimum absolute atomic E-state index is 0.132. The van der Waals surface area contributed by atoms with E-state index in [-0.39, 0.29) is 13.2 Å². The van der Waals surface area contributed by atoms with Crippen molar-refractivity contribution in [2.75, 3.05) is 21.0 Å². The van der Waals surface area contributed by atoms with E-state index in [1.54, 1.807) is 27.0 Å². The molecule has 24 heavy (non-hydrogen) atoms. The molecule has 0 spiro atoms. The lowest BCUT2D eigenvalue weighted by Gasteiger charge is -2.26. The largest absolute Gasteiger partial charge is 0.496 e. The van der Waals surface area contributed by atoms with Gasteiger partial charge >= 0.3 is 0 Å². The van der Waals surface area contributed by atoms with Gasteiger partial charge in [0, 0.05) is 11.8 Å². The first-order valence-corrected chi connectivity index (χ1v) is 7.60. The van der Waals surface area contributed by atoms with E-state index in [1.165, 1.54) is 7.11 Å². The normalized spacial score (nSPS) is 14.8. The molecule has 1 aliphatic heterocycles. The Labute approximate surface area is 139 Å². The summed E-state index contributed by atoms with van der Waals surface area (Å²) in [6.07, 6.45) is -0.874. The zero-order valence-corrected chi connectivity index (χ0v) is 14.1. The van der Waals surface area contributed by atoms with Crippen molar-refractivity contribution in [2.45, 2.75) is 32.0 Å². The second-order valence-corrected chi connectivity index (χ2v) is 6.20. The molecular weight excluding hydrogens is 314 g/mol. The fraction of sp³-hybridized carbons (Fsp3) is 0.471.